The summed E-state index contributed by atoms with van der Waals surface area (Å²) in [5.74, 6) is 0.938. The van der Waals surface area contributed by atoms with E-state index in [4.69, 9.17) is 0 Å². The molecule has 0 saturated carbocycles. The molecule has 0 rings (SSSR count). The number of hydrogen-bond donors (Lipinski definition) is 1. The van der Waals surface area contributed by atoms with Gasteiger partial charge < -0.3 is 5.11 Å². The Labute approximate surface area is 77.2 Å². The normalized spacial score (nSPS) is 18.8. The first-order chi connectivity index (χ1) is 5.63. The minimum absolute atomic E-state index is 0.0927. The van der Waals surface area contributed by atoms with Crippen molar-refractivity contribution in [2.24, 2.45) is 11.8 Å². The van der Waals surface area contributed by atoms with Crippen molar-refractivity contribution in [1.29, 1.82) is 0 Å². The van der Waals surface area contributed by atoms with Gasteiger partial charge in [-0.25, -0.2) is 0 Å². The molecule has 0 aliphatic rings. The highest BCUT2D eigenvalue weighted by Gasteiger charge is 2.19. The summed E-state index contributed by atoms with van der Waals surface area (Å²) in [7, 11) is 0. The number of aliphatic hydroxyl groups excluding tert-OH is 1. The highest BCUT2D eigenvalue weighted by Crippen LogP contribution is 2.20. The molecule has 0 amide bonds. The van der Waals surface area contributed by atoms with Crippen LogP contribution >= 0.6 is 0 Å². The maximum absolute atomic E-state index is 9.85. The number of aliphatic hydroxyl groups is 1. The fourth-order valence-electron chi connectivity index (χ4n) is 1.81. The molecule has 0 saturated heterocycles. The van der Waals surface area contributed by atoms with Gasteiger partial charge in [-0.3, -0.25) is 0 Å². The summed E-state index contributed by atoms with van der Waals surface area (Å²) >= 11 is 0. The van der Waals surface area contributed by atoms with Crippen molar-refractivity contribution in [3.8, 4) is 0 Å². The van der Waals surface area contributed by atoms with Crippen LogP contribution in [0.4, 0.5) is 0 Å². The Balaban J connectivity index is 3.73. The molecule has 2 unspecified atom stereocenters. The van der Waals surface area contributed by atoms with E-state index < -0.39 is 0 Å². The van der Waals surface area contributed by atoms with Gasteiger partial charge in [0.05, 0.1) is 6.10 Å². The smallest absolute Gasteiger partial charge is 0.0591 e. The summed E-state index contributed by atoms with van der Waals surface area (Å²) in [4.78, 5) is 0. The van der Waals surface area contributed by atoms with E-state index in [1.54, 1.807) is 0 Å². The fourth-order valence-corrected chi connectivity index (χ4v) is 1.81. The lowest BCUT2D eigenvalue weighted by Crippen LogP contribution is -2.25. The Kier molecular flexibility index (Phi) is 6.45. The second-order valence-electron chi connectivity index (χ2n) is 4.02. The molecule has 74 valence electrons. The maximum Gasteiger partial charge on any atom is 0.0591 e. The van der Waals surface area contributed by atoms with Crippen LogP contribution in [-0.4, -0.2) is 11.2 Å². The van der Waals surface area contributed by atoms with Crippen LogP contribution in [0.1, 0.15) is 53.4 Å². The van der Waals surface area contributed by atoms with Crippen molar-refractivity contribution < 1.29 is 5.11 Å². The highest BCUT2D eigenvalue weighted by atomic mass is 16.3. The lowest BCUT2D eigenvalue weighted by Gasteiger charge is -2.24. The molecule has 0 aromatic rings. The Morgan fingerprint density at radius 3 is 1.50 bits per heavy atom. The Morgan fingerprint density at radius 1 is 0.917 bits per heavy atom. The molecule has 0 bridgehead atoms. The third kappa shape index (κ3) is 4.10. The zero-order chi connectivity index (χ0) is 9.56. The molecule has 0 heterocycles. The molecule has 0 aromatic heterocycles. The van der Waals surface area contributed by atoms with E-state index >= 15 is 0 Å². The van der Waals surface area contributed by atoms with Gasteiger partial charge in [0.25, 0.3) is 0 Å². The lowest BCUT2D eigenvalue weighted by molar-refractivity contribution is 0.0569. The van der Waals surface area contributed by atoms with Crippen molar-refractivity contribution in [2.45, 2.75) is 59.5 Å². The van der Waals surface area contributed by atoms with Crippen molar-refractivity contribution in [1.82, 2.24) is 0 Å². The highest BCUT2D eigenvalue weighted by molar-refractivity contribution is 4.70. The zero-order valence-electron chi connectivity index (χ0n) is 9.01. The molecule has 0 fully saturated rings. The molecule has 0 spiro atoms. The van der Waals surface area contributed by atoms with Gasteiger partial charge in [0, 0.05) is 0 Å². The largest absolute Gasteiger partial charge is 0.393 e. The number of rotatable bonds is 6. The van der Waals surface area contributed by atoms with E-state index in [0.717, 1.165) is 12.8 Å². The van der Waals surface area contributed by atoms with E-state index in [9.17, 15) is 5.11 Å². The first-order valence-electron chi connectivity index (χ1n) is 5.31. The first-order valence-corrected chi connectivity index (χ1v) is 5.31. The fraction of sp³-hybridized carbons (Fsp3) is 1.00. The second kappa shape index (κ2) is 6.47. The minimum Gasteiger partial charge on any atom is -0.393 e. The summed E-state index contributed by atoms with van der Waals surface area (Å²) < 4.78 is 0. The molecule has 0 aromatic carbocycles. The van der Waals surface area contributed by atoms with E-state index in [1.807, 2.05) is 0 Å². The van der Waals surface area contributed by atoms with Crippen molar-refractivity contribution in [3.63, 3.8) is 0 Å². The van der Waals surface area contributed by atoms with Crippen LogP contribution in [-0.2, 0) is 0 Å². The predicted octanol–water partition coefficient (Wildman–Crippen LogP) is 3.22. The van der Waals surface area contributed by atoms with Gasteiger partial charge in [-0.2, -0.15) is 0 Å². The summed E-state index contributed by atoms with van der Waals surface area (Å²) in [6, 6.07) is 0. The van der Waals surface area contributed by atoms with Crippen LogP contribution in [0.5, 0.6) is 0 Å². The van der Waals surface area contributed by atoms with Gasteiger partial charge in [0.1, 0.15) is 0 Å². The predicted molar refractivity (Wildman–Crippen MR) is 54.2 cm³/mol. The molecule has 12 heavy (non-hydrogen) atoms. The summed E-state index contributed by atoms with van der Waals surface area (Å²) in [6.07, 6.45) is 4.56. The van der Waals surface area contributed by atoms with Crippen molar-refractivity contribution in [2.75, 3.05) is 0 Å². The topological polar surface area (TPSA) is 20.2 Å². The van der Waals surface area contributed by atoms with Crippen molar-refractivity contribution in [3.05, 3.63) is 0 Å². The molecule has 0 aliphatic carbocycles. The summed E-state index contributed by atoms with van der Waals surface area (Å²) in [5, 5.41) is 9.85. The van der Waals surface area contributed by atoms with Gasteiger partial charge in [0.2, 0.25) is 0 Å². The maximum atomic E-state index is 9.85. The molecule has 1 nitrogen and oxygen atoms in total. The van der Waals surface area contributed by atoms with E-state index in [0.29, 0.717) is 11.8 Å². The first kappa shape index (κ1) is 12.0. The SMILES string of the molecule is CCCC(C)C(O)C(C)CCC. The average molecular weight is 172 g/mol. The zero-order valence-corrected chi connectivity index (χ0v) is 9.01. The minimum atomic E-state index is -0.0927. The van der Waals surface area contributed by atoms with Crippen molar-refractivity contribution >= 4 is 0 Å². The summed E-state index contributed by atoms with van der Waals surface area (Å²) in [5.41, 5.74) is 0. The van der Waals surface area contributed by atoms with Gasteiger partial charge in [0.15, 0.2) is 0 Å². The molecule has 2 atom stereocenters. The Morgan fingerprint density at radius 2 is 1.25 bits per heavy atom. The van der Waals surface area contributed by atoms with E-state index in [2.05, 4.69) is 27.7 Å². The standard InChI is InChI=1S/C11H24O/c1-5-7-9(3)11(12)10(4)8-6-2/h9-12H,5-8H2,1-4H3. The Hall–Kier alpha value is -0.0400. The third-order valence-corrected chi connectivity index (χ3v) is 2.65. The van der Waals surface area contributed by atoms with Gasteiger partial charge in [-0.1, -0.05) is 40.5 Å². The van der Waals surface area contributed by atoms with E-state index in [1.165, 1.54) is 12.8 Å². The van der Waals surface area contributed by atoms with E-state index in [-0.39, 0.29) is 6.10 Å². The Bertz CT molecular complexity index is 89.2. The van der Waals surface area contributed by atoms with Gasteiger partial charge in [-0.05, 0) is 24.7 Å². The molecular formula is C11H24O. The molecular weight excluding hydrogens is 148 g/mol. The van der Waals surface area contributed by atoms with Crippen LogP contribution in [0.15, 0.2) is 0 Å². The molecule has 0 aliphatic heterocycles. The van der Waals surface area contributed by atoms with Crippen LogP contribution in [0.2, 0.25) is 0 Å². The lowest BCUT2D eigenvalue weighted by atomic mass is 9.88. The second-order valence-corrected chi connectivity index (χ2v) is 4.02. The van der Waals surface area contributed by atoms with Gasteiger partial charge >= 0.3 is 0 Å². The van der Waals surface area contributed by atoms with Crippen LogP contribution in [0.3, 0.4) is 0 Å². The quantitative estimate of drug-likeness (QED) is 0.652. The monoisotopic (exact) mass is 172 g/mol. The average Bonchev–Trinajstić information content (AvgIpc) is 2.04. The molecule has 0 radical (unpaired) electrons. The van der Waals surface area contributed by atoms with Gasteiger partial charge in [-0.15, -0.1) is 0 Å². The molecule has 1 heteroatoms. The van der Waals surface area contributed by atoms with Crippen LogP contribution in [0, 0.1) is 11.8 Å². The summed E-state index contributed by atoms with van der Waals surface area (Å²) in [6.45, 7) is 8.65. The molecule has 1 N–H and O–H groups in total. The number of hydrogen-bond acceptors (Lipinski definition) is 1. The van der Waals surface area contributed by atoms with Crippen LogP contribution in [0.25, 0.3) is 0 Å². The third-order valence-electron chi connectivity index (χ3n) is 2.65. The van der Waals surface area contributed by atoms with Crippen LogP contribution < -0.4 is 0 Å².